The van der Waals surface area contributed by atoms with E-state index in [2.05, 4.69) is 32.6 Å². The maximum atomic E-state index is 11.2. The molecule has 1 rings (SSSR count). The van der Waals surface area contributed by atoms with Gasteiger partial charge in [0.1, 0.15) is 6.61 Å². The summed E-state index contributed by atoms with van der Waals surface area (Å²) in [6.07, 6.45) is 0.948. The third-order valence-corrected chi connectivity index (χ3v) is 2.55. The lowest BCUT2D eigenvalue weighted by atomic mass is 10.1. The molecule has 5 nitrogen and oxygen atoms in total. The molecule has 1 aromatic rings. The molecule has 104 valence electrons. The van der Waals surface area contributed by atoms with E-state index in [1.54, 1.807) is 24.3 Å². The number of benzene rings is 1. The zero-order valence-electron chi connectivity index (χ0n) is 11.0. The van der Waals surface area contributed by atoms with Crippen LogP contribution in [0.1, 0.15) is 15.9 Å². The van der Waals surface area contributed by atoms with Crippen LogP contribution in [0.25, 0.3) is 0 Å². The normalized spacial score (nSPS) is 9.70. The molecular formula is C14H12O5S. The second-order valence-corrected chi connectivity index (χ2v) is 5.23. The first-order chi connectivity index (χ1) is 9.42. The molecule has 0 atom stereocenters. The van der Waals surface area contributed by atoms with Crippen LogP contribution >= 0.6 is 0 Å². The number of methoxy groups -OCH3 is 1. The van der Waals surface area contributed by atoms with Gasteiger partial charge in [-0.3, -0.25) is 4.18 Å². The Balaban J connectivity index is 2.60. The van der Waals surface area contributed by atoms with E-state index < -0.39 is 16.1 Å². The van der Waals surface area contributed by atoms with Crippen LogP contribution in [0.15, 0.2) is 24.3 Å². The van der Waals surface area contributed by atoms with Crippen molar-refractivity contribution in [2.75, 3.05) is 20.0 Å². The van der Waals surface area contributed by atoms with E-state index in [0.717, 1.165) is 6.26 Å². The highest BCUT2D eigenvalue weighted by molar-refractivity contribution is 7.86. The van der Waals surface area contributed by atoms with E-state index in [-0.39, 0.29) is 6.61 Å². The van der Waals surface area contributed by atoms with Crippen molar-refractivity contribution < 1.29 is 22.1 Å². The van der Waals surface area contributed by atoms with Crippen molar-refractivity contribution in [3.8, 4) is 23.7 Å². The molecule has 0 aliphatic heterocycles. The van der Waals surface area contributed by atoms with Crippen molar-refractivity contribution in [1.29, 1.82) is 0 Å². The van der Waals surface area contributed by atoms with Gasteiger partial charge >= 0.3 is 5.97 Å². The van der Waals surface area contributed by atoms with Gasteiger partial charge in [0, 0.05) is 5.56 Å². The highest BCUT2D eigenvalue weighted by atomic mass is 32.2. The Morgan fingerprint density at radius 3 is 2.40 bits per heavy atom. The summed E-state index contributed by atoms with van der Waals surface area (Å²) in [5.74, 6) is 9.79. The van der Waals surface area contributed by atoms with Crippen molar-refractivity contribution >= 4 is 16.1 Å². The van der Waals surface area contributed by atoms with Crippen LogP contribution in [0.4, 0.5) is 0 Å². The van der Waals surface area contributed by atoms with E-state index in [9.17, 15) is 13.2 Å². The Labute approximate surface area is 118 Å². The first-order valence-electron chi connectivity index (χ1n) is 5.44. The molecule has 0 bridgehead atoms. The fourth-order valence-electron chi connectivity index (χ4n) is 1.13. The number of esters is 1. The average Bonchev–Trinajstić information content (AvgIpc) is 2.41. The van der Waals surface area contributed by atoms with Crippen molar-refractivity contribution in [3.63, 3.8) is 0 Å². The van der Waals surface area contributed by atoms with Crippen LogP contribution < -0.4 is 0 Å². The molecule has 0 radical (unpaired) electrons. The lowest BCUT2D eigenvalue weighted by molar-refractivity contribution is 0.0600. The van der Waals surface area contributed by atoms with E-state index in [0.29, 0.717) is 11.1 Å². The summed E-state index contributed by atoms with van der Waals surface area (Å²) >= 11 is 0. The molecule has 0 saturated carbocycles. The molecule has 0 saturated heterocycles. The van der Waals surface area contributed by atoms with E-state index in [4.69, 9.17) is 0 Å². The van der Waals surface area contributed by atoms with Crippen LogP contribution in [0.5, 0.6) is 0 Å². The SMILES string of the molecule is COC(=O)c1ccc(C#CC#CCOS(C)(=O)=O)cc1. The number of hydrogen-bond donors (Lipinski definition) is 0. The van der Waals surface area contributed by atoms with Crippen LogP contribution in [0.2, 0.25) is 0 Å². The monoisotopic (exact) mass is 292 g/mol. The third kappa shape index (κ3) is 6.05. The summed E-state index contributed by atoms with van der Waals surface area (Å²) in [5, 5.41) is 0. The molecular weight excluding hydrogens is 280 g/mol. The highest BCUT2D eigenvalue weighted by Gasteiger charge is 2.02. The summed E-state index contributed by atoms with van der Waals surface area (Å²) < 4.78 is 30.3. The zero-order valence-corrected chi connectivity index (χ0v) is 11.8. The van der Waals surface area contributed by atoms with E-state index in [1.165, 1.54) is 7.11 Å². The van der Waals surface area contributed by atoms with Gasteiger partial charge in [-0.1, -0.05) is 11.8 Å². The molecule has 0 spiro atoms. The van der Waals surface area contributed by atoms with Gasteiger partial charge in [0.2, 0.25) is 0 Å². The molecule has 0 aliphatic rings. The van der Waals surface area contributed by atoms with E-state index in [1.807, 2.05) is 0 Å². The Kier molecular flexibility index (Phi) is 5.79. The molecule has 0 fully saturated rings. The van der Waals surface area contributed by atoms with Crippen LogP contribution in [0.3, 0.4) is 0 Å². The molecule has 6 heteroatoms. The lowest BCUT2D eigenvalue weighted by Gasteiger charge is -1.97. The number of rotatable bonds is 3. The molecule has 20 heavy (non-hydrogen) atoms. The summed E-state index contributed by atoms with van der Waals surface area (Å²) in [4.78, 5) is 11.2. The fraction of sp³-hybridized carbons (Fsp3) is 0.214. The molecule has 0 amide bonds. The van der Waals surface area contributed by atoms with Crippen molar-refractivity contribution in [3.05, 3.63) is 35.4 Å². The Morgan fingerprint density at radius 1 is 1.20 bits per heavy atom. The van der Waals surface area contributed by atoms with Crippen molar-refractivity contribution in [2.24, 2.45) is 0 Å². The number of carbonyl (C=O) groups excluding carboxylic acids is 1. The van der Waals surface area contributed by atoms with Gasteiger partial charge in [0.25, 0.3) is 10.1 Å². The molecule has 0 aliphatic carbocycles. The molecule has 0 unspecified atom stereocenters. The minimum atomic E-state index is -3.47. The Hall–Kier alpha value is -2.28. The standard InChI is InChI=1S/C14H12O5S/c1-18-14(15)13-9-7-12(8-10-13)6-4-3-5-11-19-20(2,16)17/h7-10H,11H2,1-2H3. The Morgan fingerprint density at radius 2 is 1.85 bits per heavy atom. The second-order valence-electron chi connectivity index (χ2n) is 3.59. The van der Waals surface area contributed by atoms with Gasteiger partial charge in [-0.2, -0.15) is 8.42 Å². The summed E-state index contributed by atoms with van der Waals surface area (Å²) in [5.41, 5.74) is 1.11. The molecule has 0 heterocycles. The second kappa shape index (κ2) is 7.34. The number of carbonyl (C=O) groups is 1. The first-order valence-corrected chi connectivity index (χ1v) is 7.25. The van der Waals surface area contributed by atoms with Crippen LogP contribution in [0, 0.1) is 23.7 Å². The van der Waals surface area contributed by atoms with Crippen LogP contribution in [-0.4, -0.2) is 34.4 Å². The van der Waals surface area contributed by atoms with Gasteiger partial charge in [-0.05, 0) is 36.1 Å². The van der Waals surface area contributed by atoms with Gasteiger partial charge < -0.3 is 4.74 Å². The quantitative estimate of drug-likeness (QED) is 0.468. The van der Waals surface area contributed by atoms with Crippen molar-refractivity contribution in [2.45, 2.75) is 0 Å². The lowest BCUT2D eigenvalue weighted by Crippen LogP contribution is -2.02. The number of hydrogen-bond acceptors (Lipinski definition) is 5. The molecule has 0 N–H and O–H groups in total. The number of ether oxygens (including phenoxy) is 1. The van der Waals surface area contributed by atoms with Crippen molar-refractivity contribution in [1.82, 2.24) is 0 Å². The average molecular weight is 292 g/mol. The topological polar surface area (TPSA) is 69.7 Å². The van der Waals surface area contributed by atoms with Gasteiger partial charge in [-0.15, -0.1) is 0 Å². The predicted octanol–water partition coefficient (Wildman–Crippen LogP) is 0.804. The van der Waals surface area contributed by atoms with E-state index >= 15 is 0 Å². The molecule has 1 aromatic carbocycles. The Bertz CT molecular complexity index is 694. The fourth-order valence-corrected chi connectivity index (χ4v) is 1.40. The maximum absolute atomic E-state index is 11.2. The minimum Gasteiger partial charge on any atom is -0.465 e. The van der Waals surface area contributed by atoms with Gasteiger partial charge in [0.15, 0.2) is 0 Å². The molecule has 0 aromatic heterocycles. The van der Waals surface area contributed by atoms with Gasteiger partial charge in [-0.25, -0.2) is 4.79 Å². The summed E-state index contributed by atoms with van der Waals surface area (Å²) in [7, 11) is -2.16. The summed E-state index contributed by atoms with van der Waals surface area (Å²) in [6.45, 7) is -0.227. The maximum Gasteiger partial charge on any atom is 0.337 e. The third-order valence-electron chi connectivity index (χ3n) is 2.01. The smallest absolute Gasteiger partial charge is 0.337 e. The minimum absolute atomic E-state index is 0.227. The van der Waals surface area contributed by atoms with Gasteiger partial charge in [0.05, 0.1) is 18.9 Å². The summed E-state index contributed by atoms with van der Waals surface area (Å²) in [6, 6.07) is 6.51. The zero-order chi connectivity index (χ0) is 15.0. The largest absolute Gasteiger partial charge is 0.465 e. The highest BCUT2D eigenvalue weighted by Crippen LogP contribution is 2.04. The first kappa shape index (κ1) is 15.8. The van der Waals surface area contributed by atoms with Crippen LogP contribution in [-0.2, 0) is 19.0 Å². The predicted molar refractivity (Wildman–Crippen MR) is 73.2 cm³/mol.